The SMILES string of the molecule is CC(C)OC(=O)c1cc(-n2c(=O)cc(C(F)(F)F)n(C)c2=O)ccc1Cl.COc1nc(C)nc(NC(=O)NS(=O)(=O)c2ccccc2Cl)n1.O=C(O)COc1ccc(Cl)c2cccnc12. The first-order chi connectivity index (χ1) is 30.4. The van der Waals surface area contributed by atoms with Gasteiger partial charge in [0.2, 0.25) is 5.95 Å². The average Bonchev–Trinajstić information content (AvgIpc) is 3.22. The third-order valence-electron chi connectivity index (χ3n) is 7.90. The first-order valence-electron chi connectivity index (χ1n) is 18.1. The van der Waals surface area contributed by atoms with Crippen LogP contribution in [0.1, 0.15) is 35.7 Å². The lowest BCUT2D eigenvalue weighted by molar-refractivity contribution is -0.144. The zero-order valence-corrected chi connectivity index (χ0v) is 37.3. The molecule has 6 aromatic rings. The number of nitrogens with zero attached hydrogens (tertiary/aromatic N) is 6. The van der Waals surface area contributed by atoms with Crippen molar-refractivity contribution in [2.45, 2.75) is 37.9 Å². The Hall–Kier alpha value is -6.82. The number of ether oxygens (including phenoxy) is 3. The Morgan fingerprint density at radius 1 is 0.908 bits per heavy atom. The Labute approximate surface area is 380 Å². The van der Waals surface area contributed by atoms with Gasteiger partial charge in [0.1, 0.15) is 27.7 Å². The molecule has 0 aliphatic heterocycles. The van der Waals surface area contributed by atoms with E-state index in [9.17, 15) is 45.6 Å². The molecule has 2 amide bonds. The van der Waals surface area contributed by atoms with E-state index in [4.69, 9.17) is 54.1 Å². The molecule has 0 spiro atoms. The van der Waals surface area contributed by atoms with Crippen LogP contribution in [0.2, 0.25) is 15.1 Å². The molecule has 3 N–H and O–H groups in total. The number of aryl methyl sites for hydroxylation is 1. The first-order valence-corrected chi connectivity index (χ1v) is 20.7. The maximum atomic E-state index is 12.9. The summed E-state index contributed by atoms with van der Waals surface area (Å²) in [6.45, 7) is 4.40. The second-order valence-corrected chi connectivity index (χ2v) is 15.8. The summed E-state index contributed by atoms with van der Waals surface area (Å²) in [6.07, 6.45) is -3.70. The van der Waals surface area contributed by atoms with Crippen molar-refractivity contribution in [3.05, 3.63) is 132 Å². The number of urea groups is 1. The van der Waals surface area contributed by atoms with E-state index in [1.165, 1.54) is 37.4 Å². The number of carbonyl (C=O) groups excluding carboxylic acids is 2. The van der Waals surface area contributed by atoms with Crippen LogP contribution in [0.5, 0.6) is 11.8 Å². The number of alkyl halides is 3. The maximum Gasteiger partial charge on any atom is 0.431 e. The lowest BCUT2D eigenvalue weighted by atomic mass is 10.2. The summed E-state index contributed by atoms with van der Waals surface area (Å²) in [5, 5.41) is 12.0. The van der Waals surface area contributed by atoms with E-state index in [1.54, 1.807) is 57.3 Å². The number of rotatable bonds is 10. The highest BCUT2D eigenvalue weighted by atomic mass is 35.5. The number of carboxylic acid groups (broad SMARTS) is 1. The fourth-order valence-electron chi connectivity index (χ4n) is 5.16. The Kier molecular flexibility index (Phi) is 17.0. The number of nitrogens with one attached hydrogen (secondary N) is 2. The van der Waals surface area contributed by atoms with E-state index in [0.29, 0.717) is 37.3 Å². The Bertz CT molecular complexity index is 2990. The van der Waals surface area contributed by atoms with Gasteiger partial charge in [0.25, 0.3) is 15.6 Å². The van der Waals surface area contributed by atoms with Gasteiger partial charge < -0.3 is 19.3 Å². The van der Waals surface area contributed by atoms with Gasteiger partial charge >= 0.3 is 35.8 Å². The summed E-state index contributed by atoms with van der Waals surface area (Å²) in [6, 6.07) is 15.4. The molecule has 0 unspecified atom stereocenters. The number of anilines is 1. The molecule has 344 valence electrons. The Morgan fingerprint density at radius 2 is 1.58 bits per heavy atom. The lowest BCUT2D eigenvalue weighted by Gasteiger charge is -2.15. The Morgan fingerprint density at radius 3 is 2.22 bits per heavy atom. The van der Waals surface area contributed by atoms with Crippen molar-refractivity contribution in [2.24, 2.45) is 7.05 Å². The second kappa shape index (κ2) is 21.7. The number of benzene rings is 3. The zero-order valence-electron chi connectivity index (χ0n) is 34.2. The number of hydrogen-bond acceptors (Lipinski definition) is 14. The molecule has 0 radical (unpaired) electrons. The van der Waals surface area contributed by atoms with Crippen LogP contribution in [-0.2, 0) is 32.8 Å². The largest absolute Gasteiger partial charge is 0.480 e. The van der Waals surface area contributed by atoms with Gasteiger partial charge in [-0.2, -0.15) is 28.1 Å². The summed E-state index contributed by atoms with van der Waals surface area (Å²) < 4.78 is 80.5. The van der Waals surface area contributed by atoms with Crippen LogP contribution in [0.4, 0.5) is 23.9 Å². The minimum Gasteiger partial charge on any atom is -0.480 e. The number of carbonyl (C=O) groups is 3. The number of sulfonamides is 1. The van der Waals surface area contributed by atoms with E-state index in [2.05, 4.69) is 25.3 Å². The van der Waals surface area contributed by atoms with Crippen LogP contribution in [0, 0.1) is 6.92 Å². The molecule has 3 aromatic carbocycles. The molecule has 0 fully saturated rings. The van der Waals surface area contributed by atoms with E-state index in [-0.39, 0.29) is 38.2 Å². The zero-order chi connectivity index (χ0) is 48.4. The number of aliphatic carboxylic acids is 1. The number of methoxy groups -OCH3 is 1. The number of amides is 2. The molecule has 26 heteroatoms. The molecule has 0 saturated carbocycles. The number of hydrogen-bond donors (Lipinski definition) is 3. The normalized spacial score (nSPS) is 11.1. The van der Waals surface area contributed by atoms with Crippen molar-refractivity contribution in [1.29, 1.82) is 0 Å². The van der Waals surface area contributed by atoms with E-state index in [0.717, 1.165) is 18.5 Å². The summed E-state index contributed by atoms with van der Waals surface area (Å²) in [5.41, 5.74) is -3.44. The highest BCUT2D eigenvalue weighted by Gasteiger charge is 2.35. The Balaban J connectivity index is 0.000000219. The highest BCUT2D eigenvalue weighted by Crippen LogP contribution is 2.30. The third-order valence-corrected chi connectivity index (χ3v) is 10.4. The van der Waals surface area contributed by atoms with Crippen molar-refractivity contribution in [3.63, 3.8) is 0 Å². The van der Waals surface area contributed by atoms with Gasteiger partial charge in [-0.15, -0.1) is 0 Å². The summed E-state index contributed by atoms with van der Waals surface area (Å²) >= 11 is 17.7. The monoisotopic (exact) mass is 984 g/mol. The first kappa shape index (κ1) is 50.8. The van der Waals surface area contributed by atoms with Gasteiger partial charge in [-0.3, -0.25) is 19.7 Å². The van der Waals surface area contributed by atoms with Gasteiger partial charge in [0.05, 0.1) is 39.5 Å². The minimum absolute atomic E-state index is 0.00882. The van der Waals surface area contributed by atoms with Crippen molar-refractivity contribution < 1.29 is 55.3 Å². The van der Waals surface area contributed by atoms with Crippen molar-refractivity contribution in [2.75, 3.05) is 19.0 Å². The number of pyridine rings is 1. The van der Waals surface area contributed by atoms with Gasteiger partial charge in [-0.1, -0.05) is 46.9 Å². The van der Waals surface area contributed by atoms with E-state index in [1.807, 2.05) is 4.72 Å². The predicted octanol–water partition coefficient (Wildman–Crippen LogP) is 6.48. The van der Waals surface area contributed by atoms with Crippen LogP contribution in [0.3, 0.4) is 0 Å². The van der Waals surface area contributed by atoms with E-state index < -0.39 is 63.8 Å². The quantitative estimate of drug-likeness (QED) is 0.124. The van der Waals surface area contributed by atoms with Gasteiger partial charge in [-0.25, -0.2) is 36.9 Å². The van der Waals surface area contributed by atoms with Crippen molar-refractivity contribution >= 4 is 79.6 Å². The van der Waals surface area contributed by atoms with Crippen LogP contribution in [0.25, 0.3) is 16.6 Å². The molecule has 0 aliphatic rings. The molecular formula is C39H34Cl3F3N8O11S. The summed E-state index contributed by atoms with van der Waals surface area (Å²) in [4.78, 5) is 74.0. The fraction of sp³-hybridized carbons (Fsp3) is 0.205. The summed E-state index contributed by atoms with van der Waals surface area (Å²) in [7, 11) is -1.89. The standard InChI is InChI=1S/C16H14ClF3N2O4.C12H12ClN5O4S.C11H8ClNO3/c1-8(2)26-14(24)10-6-9(4-5-11(10)17)22-13(23)7-12(16(18,19)20)21(3)15(22)25;1-7-14-10(17-12(15-7)22-2)16-11(19)18-23(20,21)9-6-4-3-5-8(9)13;12-8-3-4-9(16-6-10(14)15)11-7(8)2-1-5-13-11/h4-8H,1-3H3;3-6H,1-2H3,(H2,14,15,16,17,18,19);1-5H,6H2,(H,14,15). The molecule has 6 rings (SSSR count). The van der Waals surface area contributed by atoms with Gasteiger partial charge in [0.15, 0.2) is 6.61 Å². The number of esters is 1. The fourth-order valence-corrected chi connectivity index (χ4v) is 7.00. The minimum atomic E-state index is -4.86. The summed E-state index contributed by atoms with van der Waals surface area (Å²) in [5.74, 6) is -1.26. The molecule has 0 aliphatic carbocycles. The predicted molar refractivity (Wildman–Crippen MR) is 230 cm³/mol. The van der Waals surface area contributed by atoms with E-state index >= 15 is 0 Å². The molecule has 0 saturated heterocycles. The number of aromatic nitrogens is 6. The van der Waals surface area contributed by atoms with Crippen LogP contribution in [-0.4, -0.2) is 80.4 Å². The smallest absolute Gasteiger partial charge is 0.431 e. The topological polar surface area (TPSA) is 253 Å². The molecule has 19 nitrogen and oxygen atoms in total. The van der Waals surface area contributed by atoms with Crippen LogP contribution in [0.15, 0.2) is 93.5 Å². The molecule has 0 bridgehead atoms. The molecule has 3 heterocycles. The lowest BCUT2D eigenvalue weighted by Crippen LogP contribution is -2.40. The van der Waals surface area contributed by atoms with Crippen LogP contribution < -0.4 is 30.8 Å². The number of halogens is 6. The molecule has 0 atom stereocenters. The number of carboxylic acids is 1. The third kappa shape index (κ3) is 13.6. The van der Waals surface area contributed by atoms with Crippen molar-refractivity contribution in [3.8, 4) is 17.4 Å². The van der Waals surface area contributed by atoms with Gasteiger partial charge in [0, 0.05) is 24.7 Å². The van der Waals surface area contributed by atoms with Crippen molar-refractivity contribution in [1.82, 2.24) is 33.8 Å². The molecule has 65 heavy (non-hydrogen) atoms. The molecular weight excluding hydrogens is 952 g/mol. The number of fused-ring (bicyclic) bond motifs is 1. The molecule has 3 aromatic heterocycles. The maximum absolute atomic E-state index is 12.9. The van der Waals surface area contributed by atoms with Crippen LogP contribution >= 0.6 is 34.8 Å². The second-order valence-electron chi connectivity index (χ2n) is 13.0. The van der Waals surface area contributed by atoms with Gasteiger partial charge in [-0.05, 0) is 75.4 Å². The highest BCUT2D eigenvalue weighted by molar-refractivity contribution is 7.90. The average molecular weight is 986 g/mol.